The number of ether oxygens (including phenoxy) is 1. The maximum absolute atomic E-state index is 11.8. The molecule has 2 saturated heterocycles. The Bertz CT molecular complexity index is 288. The van der Waals surface area contributed by atoms with Gasteiger partial charge in [-0.05, 0) is 32.1 Å². The van der Waals surface area contributed by atoms with Crippen molar-refractivity contribution in [1.29, 1.82) is 0 Å². The van der Waals surface area contributed by atoms with E-state index in [9.17, 15) is 9.90 Å². The Kier molecular flexibility index (Phi) is 1.21. The molecule has 2 heterocycles. The number of Topliss-reactive ketones (excluding diaryl/α,β-unsaturated/α-hetero) is 1. The summed E-state index contributed by atoms with van der Waals surface area (Å²) in [5, 5.41) is 9.32. The van der Waals surface area contributed by atoms with Crippen LogP contribution in [-0.2, 0) is 9.53 Å². The van der Waals surface area contributed by atoms with Crippen molar-refractivity contribution in [1.82, 2.24) is 0 Å². The minimum atomic E-state index is -0.430. The topological polar surface area (TPSA) is 46.5 Å². The molecule has 72 valence electrons. The van der Waals surface area contributed by atoms with Gasteiger partial charge in [-0.1, -0.05) is 0 Å². The quantitative estimate of drug-likeness (QED) is 0.642. The molecule has 3 nitrogen and oxygen atoms in total. The summed E-state index contributed by atoms with van der Waals surface area (Å²) in [6, 6.07) is 0. The van der Waals surface area contributed by atoms with Gasteiger partial charge in [0.15, 0.2) is 5.78 Å². The lowest BCUT2D eigenvalue weighted by Gasteiger charge is -2.36. The van der Waals surface area contributed by atoms with Crippen LogP contribution < -0.4 is 0 Å². The maximum atomic E-state index is 11.8. The average Bonchev–Trinajstić information content (AvgIpc) is 2.47. The molecule has 4 unspecified atom stereocenters. The Labute approximate surface area is 77.1 Å². The van der Waals surface area contributed by atoms with Crippen LogP contribution in [0.2, 0.25) is 0 Å². The molecule has 3 heteroatoms. The van der Waals surface area contributed by atoms with E-state index >= 15 is 0 Å². The third kappa shape index (κ3) is 0.716. The van der Waals surface area contributed by atoms with Crippen LogP contribution in [0.5, 0.6) is 0 Å². The fourth-order valence-corrected chi connectivity index (χ4v) is 3.57. The predicted octanol–water partition coefficient (Wildman–Crippen LogP) is 0.505. The summed E-state index contributed by atoms with van der Waals surface area (Å²) >= 11 is 0. The highest BCUT2D eigenvalue weighted by molar-refractivity contribution is 5.92. The number of ketones is 1. The lowest BCUT2D eigenvalue weighted by molar-refractivity contribution is -0.159. The first-order valence-electron chi connectivity index (χ1n) is 4.93. The molecule has 4 aliphatic rings. The van der Waals surface area contributed by atoms with Crippen LogP contribution in [0.25, 0.3) is 0 Å². The Hall–Kier alpha value is -0.410. The van der Waals surface area contributed by atoms with Crippen molar-refractivity contribution in [2.24, 2.45) is 11.3 Å². The fourth-order valence-electron chi connectivity index (χ4n) is 3.57. The number of rotatable bonds is 1. The van der Waals surface area contributed by atoms with E-state index in [-0.39, 0.29) is 24.1 Å². The number of aliphatic hydroxyl groups is 1. The van der Waals surface area contributed by atoms with Gasteiger partial charge in [0.05, 0.1) is 17.6 Å². The Morgan fingerprint density at radius 3 is 3.08 bits per heavy atom. The molecule has 4 bridgehead atoms. The molecule has 0 amide bonds. The zero-order chi connectivity index (χ0) is 9.27. The van der Waals surface area contributed by atoms with Gasteiger partial charge in [-0.15, -0.1) is 0 Å². The SMILES string of the molecule is CC12CC3(CO)CC1CC(O2)C3=O. The summed E-state index contributed by atoms with van der Waals surface area (Å²) in [5.74, 6) is 0.656. The van der Waals surface area contributed by atoms with Gasteiger partial charge in [-0.25, -0.2) is 0 Å². The van der Waals surface area contributed by atoms with Crippen LogP contribution >= 0.6 is 0 Å². The molecule has 4 rings (SSSR count). The van der Waals surface area contributed by atoms with E-state index in [4.69, 9.17) is 4.74 Å². The standard InChI is InChI=1S/C10H14O3/c1-9-4-10(5-11)3-6(9)2-7(13-9)8(10)12/h6-7,11H,2-5H2,1H3. The maximum Gasteiger partial charge on any atom is 0.170 e. The first kappa shape index (κ1) is 7.94. The van der Waals surface area contributed by atoms with Gasteiger partial charge in [0.25, 0.3) is 0 Å². The molecular weight excluding hydrogens is 168 g/mol. The van der Waals surface area contributed by atoms with E-state index in [0.29, 0.717) is 5.92 Å². The summed E-state index contributed by atoms with van der Waals surface area (Å²) in [7, 11) is 0. The zero-order valence-electron chi connectivity index (χ0n) is 7.75. The van der Waals surface area contributed by atoms with Gasteiger partial charge in [0, 0.05) is 0 Å². The molecule has 2 saturated carbocycles. The van der Waals surface area contributed by atoms with E-state index < -0.39 is 5.41 Å². The smallest absolute Gasteiger partial charge is 0.170 e. The van der Waals surface area contributed by atoms with Crippen molar-refractivity contribution in [3.05, 3.63) is 0 Å². The normalized spacial score (nSPS) is 57.8. The monoisotopic (exact) mass is 182 g/mol. The Balaban J connectivity index is 2.08. The lowest BCUT2D eigenvalue weighted by Crippen LogP contribution is -2.47. The van der Waals surface area contributed by atoms with Gasteiger partial charge in [-0.3, -0.25) is 4.79 Å². The Morgan fingerprint density at radius 2 is 2.46 bits per heavy atom. The van der Waals surface area contributed by atoms with Crippen LogP contribution in [-0.4, -0.2) is 29.2 Å². The first-order chi connectivity index (χ1) is 6.10. The molecular formula is C10H14O3. The van der Waals surface area contributed by atoms with Gasteiger partial charge < -0.3 is 9.84 Å². The van der Waals surface area contributed by atoms with Gasteiger partial charge in [-0.2, -0.15) is 0 Å². The number of aliphatic hydroxyl groups excluding tert-OH is 1. The third-order valence-electron chi connectivity index (χ3n) is 4.22. The molecule has 0 radical (unpaired) electrons. The van der Waals surface area contributed by atoms with Crippen molar-refractivity contribution < 1.29 is 14.6 Å². The molecule has 0 aromatic carbocycles. The van der Waals surface area contributed by atoms with Crippen molar-refractivity contribution >= 4 is 5.78 Å². The molecule has 1 N–H and O–H groups in total. The van der Waals surface area contributed by atoms with E-state index in [1.807, 2.05) is 0 Å². The summed E-state index contributed by atoms with van der Waals surface area (Å²) in [6.07, 6.45) is 2.26. The van der Waals surface area contributed by atoms with Crippen LogP contribution in [0.1, 0.15) is 26.2 Å². The number of hydrogen-bond donors (Lipinski definition) is 1. The summed E-state index contributed by atoms with van der Waals surface area (Å²) in [5.41, 5.74) is -0.540. The van der Waals surface area contributed by atoms with Crippen molar-refractivity contribution in [2.45, 2.75) is 37.9 Å². The van der Waals surface area contributed by atoms with Crippen LogP contribution in [0.3, 0.4) is 0 Å². The molecule has 0 spiro atoms. The Morgan fingerprint density at radius 1 is 1.69 bits per heavy atom. The average molecular weight is 182 g/mol. The summed E-state index contributed by atoms with van der Waals surface area (Å²) in [4.78, 5) is 11.8. The van der Waals surface area contributed by atoms with Crippen molar-refractivity contribution in [2.75, 3.05) is 6.61 Å². The van der Waals surface area contributed by atoms with Gasteiger partial charge in [0.2, 0.25) is 0 Å². The largest absolute Gasteiger partial charge is 0.395 e. The molecule has 4 atom stereocenters. The van der Waals surface area contributed by atoms with E-state index in [2.05, 4.69) is 6.92 Å². The summed E-state index contributed by atoms with van der Waals surface area (Å²) in [6.45, 7) is 2.10. The molecule has 2 aliphatic heterocycles. The second-order valence-corrected chi connectivity index (χ2v) is 5.04. The zero-order valence-corrected chi connectivity index (χ0v) is 7.75. The molecule has 2 aliphatic carbocycles. The fraction of sp³-hybridized carbons (Fsp3) is 0.900. The highest BCUT2D eigenvalue weighted by Gasteiger charge is 2.67. The van der Waals surface area contributed by atoms with Crippen molar-refractivity contribution in [3.63, 3.8) is 0 Å². The van der Waals surface area contributed by atoms with Crippen LogP contribution in [0.4, 0.5) is 0 Å². The number of hydrogen-bond acceptors (Lipinski definition) is 3. The second kappa shape index (κ2) is 1.98. The molecule has 13 heavy (non-hydrogen) atoms. The highest BCUT2D eigenvalue weighted by atomic mass is 16.5. The molecule has 0 aromatic heterocycles. The van der Waals surface area contributed by atoms with Crippen LogP contribution in [0.15, 0.2) is 0 Å². The van der Waals surface area contributed by atoms with Gasteiger partial charge in [0.1, 0.15) is 6.10 Å². The van der Waals surface area contributed by atoms with E-state index in [1.165, 1.54) is 0 Å². The van der Waals surface area contributed by atoms with Crippen LogP contribution in [0, 0.1) is 11.3 Å². The van der Waals surface area contributed by atoms with Gasteiger partial charge >= 0.3 is 0 Å². The summed E-state index contributed by atoms with van der Waals surface area (Å²) < 4.78 is 5.72. The lowest BCUT2D eigenvalue weighted by atomic mass is 9.74. The number of carbonyl (C=O) groups is 1. The number of carbonyl (C=O) groups excluding carboxylic acids is 1. The third-order valence-corrected chi connectivity index (χ3v) is 4.22. The first-order valence-corrected chi connectivity index (χ1v) is 4.93. The second-order valence-electron chi connectivity index (χ2n) is 5.04. The highest BCUT2D eigenvalue weighted by Crippen LogP contribution is 2.61. The predicted molar refractivity (Wildman–Crippen MR) is 45.1 cm³/mol. The van der Waals surface area contributed by atoms with E-state index in [1.54, 1.807) is 0 Å². The van der Waals surface area contributed by atoms with E-state index in [0.717, 1.165) is 19.3 Å². The molecule has 4 fully saturated rings. The minimum absolute atomic E-state index is 0.0117. The minimum Gasteiger partial charge on any atom is -0.395 e. The molecule has 0 aromatic rings. The van der Waals surface area contributed by atoms with Crippen molar-refractivity contribution in [3.8, 4) is 0 Å².